The smallest absolute Gasteiger partial charge is 0.186 e. The second kappa shape index (κ2) is 4.65. The molecule has 0 saturated carbocycles. The highest BCUT2D eigenvalue weighted by atomic mass is 35.5. The molecule has 0 fully saturated rings. The van der Waals surface area contributed by atoms with Crippen molar-refractivity contribution in [1.29, 1.82) is 0 Å². The molecular formula is C12H5Cl3O2. The Morgan fingerprint density at radius 1 is 0.941 bits per heavy atom. The molecule has 5 heteroatoms. The molecule has 0 radical (unpaired) electrons. The van der Waals surface area contributed by atoms with Gasteiger partial charge in [-0.05, 0) is 30.4 Å². The highest BCUT2D eigenvalue weighted by molar-refractivity contribution is 6.46. The third-order valence-electron chi connectivity index (χ3n) is 2.23. The van der Waals surface area contributed by atoms with Gasteiger partial charge in [-0.1, -0.05) is 34.8 Å². The summed E-state index contributed by atoms with van der Waals surface area (Å²) >= 11 is 17.7. The van der Waals surface area contributed by atoms with Crippen LogP contribution in [0.3, 0.4) is 0 Å². The van der Waals surface area contributed by atoms with Crippen LogP contribution < -0.4 is 0 Å². The van der Waals surface area contributed by atoms with Gasteiger partial charge in [0.25, 0.3) is 0 Å². The predicted octanol–water partition coefficient (Wildman–Crippen LogP) is 3.74. The maximum absolute atomic E-state index is 11.7. The first-order chi connectivity index (χ1) is 7.99. The fourth-order valence-corrected chi connectivity index (χ4v) is 2.18. The SMILES string of the molecule is O=C1C=CC(=O)C(c2cc(Cl)cc(Cl)c2Cl)=C1. The highest BCUT2D eigenvalue weighted by Gasteiger charge is 2.19. The number of carbonyl (C=O) groups excluding carboxylic acids is 2. The summed E-state index contributed by atoms with van der Waals surface area (Å²) in [5, 5.41) is 0.800. The van der Waals surface area contributed by atoms with E-state index >= 15 is 0 Å². The van der Waals surface area contributed by atoms with E-state index in [1.807, 2.05) is 0 Å². The van der Waals surface area contributed by atoms with Crippen molar-refractivity contribution in [3.63, 3.8) is 0 Å². The fourth-order valence-electron chi connectivity index (χ4n) is 1.47. The summed E-state index contributed by atoms with van der Waals surface area (Å²) in [6.45, 7) is 0. The van der Waals surface area contributed by atoms with E-state index in [1.165, 1.54) is 30.4 Å². The van der Waals surface area contributed by atoms with E-state index in [9.17, 15) is 9.59 Å². The minimum Gasteiger partial charge on any atom is -0.290 e. The van der Waals surface area contributed by atoms with E-state index in [1.54, 1.807) is 0 Å². The van der Waals surface area contributed by atoms with Crippen molar-refractivity contribution in [3.8, 4) is 0 Å². The van der Waals surface area contributed by atoms with Crippen LogP contribution in [0.25, 0.3) is 5.57 Å². The lowest BCUT2D eigenvalue weighted by Crippen LogP contribution is -2.07. The monoisotopic (exact) mass is 286 g/mol. The van der Waals surface area contributed by atoms with Gasteiger partial charge in [-0.3, -0.25) is 9.59 Å². The minimum atomic E-state index is -0.301. The molecule has 1 aromatic rings. The molecule has 17 heavy (non-hydrogen) atoms. The van der Waals surface area contributed by atoms with Crippen molar-refractivity contribution >= 4 is 51.9 Å². The van der Waals surface area contributed by atoms with E-state index in [2.05, 4.69) is 0 Å². The minimum absolute atomic E-state index is 0.201. The molecule has 0 bridgehead atoms. The lowest BCUT2D eigenvalue weighted by Gasteiger charge is -2.10. The molecule has 0 unspecified atom stereocenters. The van der Waals surface area contributed by atoms with Gasteiger partial charge in [0.1, 0.15) is 0 Å². The molecule has 86 valence electrons. The van der Waals surface area contributed by atoms with Crippen molar-refractivity contribution in [2.24, 2.45) is 0 Å². The van der Waals surface area contributed by atoms with Crippen LogP contribution in [0, 0.1) is 0 Å². The number of ketones is 2. The summed E-state index contributed by atoms with van der Waals surface area (Å²) in [6, 6.07) is 2.98. The molecule has 1 aliphatic carbocycles. The topological polar surface area (TPSA) is 34.1 Å². The van der Waals surface area contributed by atoms with Crippen molar-refractivity contribution in [2.75, 3.05) is 0 Å². The van der Waals surface area contributed by atoms with Gasteiger partial charge in [0.15, 0.2) is 11.6 Å². The van der Waals surface area contributed by atoms with E-state index in [4.69, 9.17) is 34.8 Å². The van der Waals surface area contributed by atoms with Crippen molar-refractivity contribution in [3.05, 3.63) is 51.0 Å². The molecule has 2 rings (SSSR count). The zero-order valence-electron chi connectivity index (χ0n) is 8.34. The lowest BCUT2D eigenvalue weighted by atomic mass is 9.96. The fraction of sp³-hybridized carbons (Fsp3) is 0. The number of allylic oxidation sites excluding steroid dienone is 4. The normalized spacial score (nSPS) is 15.1. The first-order valence-electron chi connectivity index (χ1n) is 4.62. The average molecular weight is 288 g/mol. The van der Waals surface area contributed by atoms with Crippen LogP contribution in [0.5, 0.6) is 0 Å². The zero-order chi connectivity index (χ0) is 12.6. The number of hydrogen-bond donors (Lipinski definition) is 0. The van der Waals surface area contributed by atoms with Crippen molar-refractivity contribution in [2.45, 2.75) is 0 Å². The van der Waals surface area contributed by atoms with Crippen LogP contribution >= 0.6 is 34.8 Å². The van der Waals surface area contributed by atoms with Crippen LogP contribution in [0.4, 0.5) is 0 Å². The summed E-state index contributed by atoms with van der Waals surface area (Å²) < 4.78 is 0. The van der Waals surface area contributed by atoms with Gasteiger partial charge in [-0.15, -0.1) is 0 Å². The molecule has 0 N–H and O–H groups in total. The van der Waals surface area contributed by atoms with E-state index in [0.717, 1.165) is 0 Å². The summed E-state index contributed by atoms with van der Waals surface area (Å²) in [7, 11) is 0. The van der Waals surface area contributed by atoms with Gasteiger partial charge in [0.2, 0.25) is 0 Å². The molecule has 0 heterocycles. The second-order valence-electron chi connectivity index (χ2n) is 3.41. The van der Waals surface area contributed by atoms with Crippen molar-refractivity contribution < 1.29 is 9.59 Å². The second-order valence-corrected chi connectivity index (χ2v) is 4.63. The molecular weight excluding hydrogens is 282 g/mol. The number of hydrogen-bond acceptors (Lipinski definition) is 2. The van der Waals surface area contributed by atoms with Gasteiger partial charge >= 0.3 is 0 Å². The number of halogens is 3. The van der Waals surface area contributed by atoms with Gasteiger partial charge in [-0.2, -0.15) is 0 Å². The van der Waals surface area contributed by atoms with Crippen molar-refractivity contribution in [1.82, 2.24) is 0 Å². The van der Waals surface area contributed by atoms with Crippen LogP contribution in [0.1, 0.15) is 5.56 Å². The first-order valence-corrected chi connectivity index (χ1v) is 5.75. The summed E-state index contributed by atoms with van der Waals surface area (Å²) in [5.41, 5.74) is 0.568. The molecule has 0 saturated heterocycles. The number of carbonyl (C=O) groups is 2. The Hall–Kier alpha value is -1.09. The molecule has 1 aromatic carbocycles. The number of benzene rings is 1. The molecule has 1 aliphatic rings. The summed E-state index contributed by atoms with van der Waals surface area (Å²) in [6.07, 6.45) is 3.62. The Bertz CT molecular complexity index is 586. The Labute approximate surface area is 112 Å². The largest absolute Gasteiger partial charge is 0.290 e. The zero-order valence-corrected chi connectivity index (χ0v) is 10.6. The number of rotatable bonds is 1. The Morgan fingerprint density at radius 3 is 2.35 bits per heavy atom. The quantitative estimate of drug-likeness (QED) is 0.582. The third kappa shape index (κ3) is 2.44. The lowest BCUT2D eigenvalue weighted by molar-refractivity contribution is -0.113. The van der Waals surface area contributed by atoms with Gasteiger partial charge in [-0.25, -0.2) is 0 Å². The maximum Gasteiger partial charge on any atom is 0.186 e. The third-order valence-corrected chi connectivity index (χ3v) is 3.25. The molecule has 0 atom stereocenters. The summed E-state index contributed by atoms with van der Waals surface area (Å²) in [4.78, 5) is 22.9. The van der Waals surface area contributed by atoms with Crippen LogP contribution in [-0.2, 0) is 9.59 Å². The predicted molar refractivity (Wildman–Crippen MR) is 68.6 cm³/mol. The molecule has 0 amide bonds. The van der Waals surface area contributed by atoms with Crippen LogP contribution in [0.2, 0.25) is 15.1 Å². The Morgan fingerprint density at radius 2 is 1.65 bits per heavy atom. The average Bonchev–Trinajstić information content (AvgIpc) is 2.27. The first kappa shape index (κ1) is 12.4. The van der Waals surface area contributed by atoms with Crippen LogP contribution in [-0.4, -0.2) is 11.6 Å². The van der Waals surface area contributed by atoms with Gasteiger partial charge in [0, 0.05) is 16.2 Å². The standard InChI is InChI=1S/C12H5Cl3O2/c13-6-3-9(12(15)10(14)4-6)8-5-7(16)1-2-11(8)17/h1-5H. The Kier molecular flexibility index (Phi) is 3.38. The molecule has 2 nitrogen and oxygen atoms in total. The van der Waals surface area contributed by atoms with E-state index in [-0.39, 0.29) is 27.2 Å². The Balaban J connectivity index is 2.62. The van der Waals surface area contributed by atoms with Crippen LogP contribution in [0.15, 0.2) is 30.4 Å². The summed E-state index contributed by atoms with van der Waals surface area (Å²) in [5.74, 6) is -0.573. The maximum atomic E-state index is 11.7. The van der Waals surface area contributed by atoms with Gasteiger partial charge in [0.05, 0.1) is 10.0 Å². The molecule has 0 aromatic heterocycles. The highest BCUT2D eigenvalue weighted by Crippen LogP contribution is 2.35. The van der Waals surface area contributed by atoms with Gasteiger partial charge < -0.3 is 0 Å². The molecule has 0 spiro atoms. The van der Waals surface area contributed by atoms with E-state index < -0.39 is 0 Å². The van der Waals surface area contributed by atoms with E-state index in [0.29, 0.717) is 10.6 Å². The molecule has 0 aliphatic heterocycles.